The van der Waals surface area contributed by atoms with Gasteiger partial charge in [0.15, 0.2) is 17.9 Å². The lowest BCUT2D eigenvalue weighted by atomic mass is 10.0. The number of amides is 3. The maximum Gasteiger partial charge on any atom is 0.352 e. The quantitative estimate of drug-likeness (QED) is 0.0434. The Hall–Kier alpha value is -7.28. The molecule has 25 heteroatoms. The lowest BCUT2D eigenvalue weighted by Crippen LogP contribution is -2.71. The summed E-state index contributed by atoms with van der Waals surface area (Å²) in [6, 6.07) is 4.63. The summed E-state index contributed by atoms with van der Waals surface area (Å²) < 4.78 is 21.9. The van der Waals surface area contributed by atoms with E-state index in [1.807, 2.05) is 0 Å². The van der Waals surface area contributed by atoms with Crippen molar-refractivity contribution in [2.45, 2.75) is 43.0 Å². The summed E-state index contributed by atoms with van der Waals surface area (Å²) in [7, 11) is 0. The van der Waals surface area contributed by atoms with E-state index in [0.29, 0.717) is 5.57 Å². The molecular formula is C35H29N7O16S2. The van der Waals surface area contributed by atoms with E-state index in [1.54, 1.807) is 0 Å². The number of carbonyl (C=O) groups is 8. The van der Waals surface area contributed by atoms with E-state index in [2.05, 4.69) is 26.2 Å². The van der Waals surface area contributed by atoms with Crippen molar-refractivity contribution in [3.63, 3.8) is 0 Å². The molecule has 0 spiro atoms. The van der Waals surface area contributed by atoms with Crippen LogP contribution in [-0.2, 0) is 40.1 Å². The molecule has 23 nitrogen and oxygen atoms in total. The Labute approximate surface area is 343 Å². The van der Waals surface area contributed by atoms with E-state index in [4.69, 9.17) is 28.8 Å². The molecule has 3 amide bonds. The van der Waals surface area contributed by atoms with Crippen LogP contribution in [0.25, 0.3) is 11.0 Å². The van der Waals surface area contributed by atoms with Crippen LogP contribution in [0.4, 0.5) is 0 Å². The molecule has 4 heterocycles. The molecule has 60 heavy (non-hydrogen) atoms. The monoisotopic (exact) mass is 867 g/mol. The lowest BCUT2D eigenvalue weighted by Gasteiger charge is -2.49. The largest absolute Gasteiger partial charge is 0.482 e. The molecule has 0 bridgehead atoms. The highest BCUT2D eigenvalue weighted by Gasteiger charge is 2.54. The van der Waals surface area contributed by atoms with Crippen molar-refractivity contribution in [1.29, 1.82) is 0 Å². The van der Waals surface area contributed by atoms with Crippen LogP contribution < -0.4 is 30.3 Å². The number of ether oxygens (including phenoxy) is 3. The van der Waals surface area contributed by atoms with Crippen LogP contribution in [0.3, 0.4) is 0 Å². The SMILES string of the molecule is CC(=O)Oc1ccc2c(=O)c(C(=O)NC(C(=O)N[C@@H]3C(=O)N4C(C(=O)O)=C(CSc5nnnn5CC(=O)O)CS[C@@H]34)c3ccc(OCC(=O)O)cc3)coc2c1OC(C)=O. The third-order valence-corrected chi connectivity index (χ3v) is 10.8. The molecule has 312 valence electrons. The molecule has 0 aliphatic carbocycles. The highest BCUT2D eigenvalue weighted by Crippen LogP contribution is 2.42. The predicted molar refractivity (Wildman–Crippen MR) is 201 cm³/mol. The van der Waals surface area contributed by atoms with Gasteiger partial charge in [0.05, 0.1) is 5.39 Å². The molecule has 0 saturated carbocycles. The molecule has 2 aromatic carbocycles. The maximum absolute atomic E-state index is 14.0. The maximum atomic E-state index is 14.0. The fourth-order valence-corrected chi connectivity index (χ4v) is 8.27. The number of rotatable bonds is 16. The summed E-state index contributed by atoms with van der Waals surface area (Å²) in [5, 5.41) is 42.9. The smallest absolute Gasteiger partial charge is 0.352 e. The Morgan fingerprint density at radius 3 is 2.35 bits per heavy atom. The number of carbonyl (C=O) groups excluding carboxylic acids is 5. The van der Waals surface area contributed by atoms with Crippen molar-refractivity contribution in [2.75, 3.05) is 18.1 Å². The summed E-state index contributed by atoms with van der Waals surface area (Å²) in [4.78, 5) is 114. The van der Waals surface area contributed by atoms with Gasteiger partial charge in [-0.2, -0.15) is 0 Å². The van der Waals surface area contributed by atoms with Gasteiger partial charge in [-0.15, -0.1) is 16.9 Å². The Morgan fingerprint density at radius 2 is 1.70 bits per heavy atom. The number of hydrogen-bond acceptors (Lipinski definition) is 18. The van der Waals surface area contributed by atoms with E-state index < -0.39 is 94.9 Å². The second kappa shape index (κ2) is 17.7. The second-order valence-corrected chi connectivity index (χ2v) is 14.6. The van der Waals surface area contributed by atoms with Gasteiger partial charge >= 0.3 is 29.8 Å². The number of esters is 2. The number of fused-ring (bicyclic) bond motifs is 2. The Kier molecular flexibility index (Phi) is 12.5. The number of carboxylic acid groups (broad SMARTS) is 3. The van der Waals surface area contributed by atoms with Gasteiger partial charge in [-0.05, 0) is 45.8 Å². The van der Waals surface area contributed by atoms with Gasteiger partial charge in [0.25, 0.3) is 11.8 Å². The van der Waals surface area contributed by atoms with Crippen molar-refractivity contribution in [1.82, 2.24) is 35.7 Å². The van der Waals surface area contributed by atoms with Crippen molar-refractivity contribution < 1.29 is 72.3 Å². The molecule has 1 unspecified atom stereocenters. The number of thioether (sulfide) groups is 2. The number of tetrazole rings is 1. The normalized spacial score (nSPS) is 16.2. The number of aromatic nitrogens is 4. The topological polar surface area (TPSA) is 326 Å². The van der Waals surface area contributed by atoms with Gasteiger partial charge in [0.2, 0.25) is 22.2 Å². The first-order chi connectivity index (χ1) is 28.5. The van der Waals surface area contributed by atoms with Gasteiger partial charge < -0.3 is 44.6 Å². The van der Waals surface area contributed by atoms with Crippen LogP contribution in [-0.4, -0.2) is 118 Å². The molecular weight excluding hydrogens is 839 g/mol. The average Bonchev–Trinajstić information content (AvgIpc) is 3.63. The minimum absolute atomic E-state index is 0.0242. The second-order valence-electron chi connectivity index (χ2n) is 12.5. The number of carboxylic acids is 3. The van der Waals surface area contributed by atoms with Crippen molar-refractivity contribution >= 4 is 82.1 Å². The molecule has 1 fully saturated rings. The third kappa shape index (κ3) is 9.05. The molecule has 2 aliphatic rings. The van der Waals surface area contributed by atoms with Crippen molar-refractivity contribution in [3.8, 4) is 17.2 Å². The summed E-state index contributed by atoms with van der Waals surface area (Å²) in [5.74, 6) is -8.97. The van der Waals surface area contributed by atoms with E-state index in [0.717, 1.165) is 65.3 Å². The summed E-state index contributed by atoms with van der Waals surface area (Å²) >= 11 is 2.08. The minimum atomic E-state index is -1.64. The Morgan fingerprint density at radius 1 is 0.983 bits per heavy atom. The van der Waals surface area contributed by atoms with Crippen LogP contribution in [0, 0.1) is 0 Å². The van der Waals surface area contributed by atoms with Crippen molar-refractivity contribution in [2.24, 2.45) is 0 Å². The number of hydrogen-bond donors (Lipinski definition) is 5. The highest BCUT2D eigenvalue weighted by atomic mass is 32.2. The summed E-state index contributed by atoms with van der Waals surface area (Å²) in [5.41, 5.74) is -1.89. The van der Waals surface area contributed by atoms with Crippen molar-refractivity contribution in [3.05, 3.63) is 75.3 Å². The zero-order chi connectivity index (χ0) is 43.4. The summed E-state index contributed by atoms with van der Waals surface area (Å²) in [6.45, 7) is 0.911. The molecule has 6 rings (SSSR count). The van der Waals surface area contributed by atoms with E-state index in [9.17, 15) is 48.3 Å². The van der Waals surface area contributed by atoms with Crippen LogP contribution in [0.2, 0.25) is 0 Å². The van der Waals surface area contributed by atoms with Gasteiger partial charge in [-0.3, -0.25) is 38.5 Å². The average molecular weight is 868 g/mol. The molecule has 4 aromatic rings. The summed E-state index contributed by atoms with van der Waals surface area (Å²) in [6.07, 6.45) is 0.733. The van der Waals surface area contributed by atoms with Crippen LogP contribution in [0.5, 0.6) is 17.2 Å². The van der Waals surface area contributed by atoms with Crippen LogP contribution in [0.1, 0.15) is 35.8 Å². The number of nitrogens with one attached hydrogen (secondary N) is 2. The fourth-order valence-electron chi connectivity index (χ4n) is 5.91. The first kappa shape index (κ1) is 42.3. The zero-order valence-electron chi connectivity index (χ0n) is 30.8. The van der Waals surface area contributed by atoms with Gasteiger partial charge in [0, 0.05) is 25.4 Å². The number of β-lactam (4-membered cyclic amide) rings is 1. The first-order valence-corrected chi connectivity index (χ1v) is 19.1. The van der Waals surface area contributed by atoms with Gasteiger partial charge in [-0.25, -0.2) is 14.3 Å². The molecule has 2 aromatic heterocycles. The highest BCUT2D eigenvalue weighted by molar-refractivity contribution is 8.01. The number of aliphatic carboxylic acids is 3. The standard InChI is InChI=1S/C35H29N7O16S2/c1-14(43)57-21-8-7-19-27(49)20(10-56-28(19)29(21)58-15(2)44)30(50)36-24(16-3-5-18(6-4-16)55-11-23(47)48)31(51)37-25-32(52)42-26(34(53)54)17(12-59-33(25)42)13-60-35-38-39-40-41(35)9-22(45)46/h3-8,10,24-25,33H,9,11-13H2,1-2H3,(H,36,50)(H,37,51)(H,45,46)(H,47,48)(H,53,54)/t24?,25-,33+/m1/s1. The Bertz CT molecular complexity index is 2560. The molecule has 5 N–H and O–H groups in total. The third-order valence-electron chi connectivity index (χ3n) is 8.42. The number of nitrogens with zero attached hydrogens (tertiary/aromatic N) is 5. The molecule has 2 aliphatic heterocycles. The predicted octanol–water partition coefficient (Wildman–Crippen LogP) is 0.180. The van der Waals surface area contributed by atoms with Crippen LogP contribution in [0.15, 0.2) is 68.3 Å². The molecule has 0 radical (unpaired) electrons. The molecule has 3 atom stereocenters. The Balaban J connectivity index is 1.26. The minimum Gasteiger partial charge on any atom is -0.482 e. The van der Waals surface area contributed by atoms with E-state index in [1.165, 1.54) is 24.3 Å². The fraction of sp³-hybridized carbons (Fsp3) is 0.257. The van der Waals surface area contributed by atoms with Crippen LogP contribution >= 0.6 is 23.5 Å². The lowest BCUT2D eigenvalue weighted by molar-refractivity contribution is -0.151. The van der Waals surface area contributed by atoms with Gasteiger partial charge in [-0.1, -0.05) is 23.9 Å². The number of benzene rings is 2. The van der Waals surface area contributed by atoms with E-state index in [-0.39, 0.29) is 50.4 Å². The zero-order valence-corrected chi connectivity index (χ0v) is 32.4. The van der Waals surface area contributed by atoms with Gasteiger partial charge in [0.1, 0.15) is 47.3 Å². The van der Waals surface area contributed by atoms with E-state index >= 15 is 0 Å². The first-order valence-electron chi connectivity index (χ1n) is 17.1. The molecule has 1 saturated heterocycles.